The number of hydrogen-bond donors (Lipinski definition) is 1. The van der Waals surface area contributed by atoms with Gasteiger partial charge in [-0.2, -0.15) is 4.72 Å². The smallest absolute Gasteiger partial charge is 0.248 e. The summed E-state index contributed by atoms with van der Waals surface area (Å²) in [5.41, 5.74) is 0.125. The lowest BCUT2D eigenvalue weighted by Gasteiger charge is -2.38. The lowest BCUT2D eigenvalue weighted by Crippen LogP contribution is -2.58. The predicted molar refractivity (Wildman–Crippen MR) is 162 cm³/mol. The van der Waals surface area contributed by atoms with E-state index in [0.29, 0.717) is 67.5 Å². The van der Waals surface area contributed by atoms with Gasteiger partial charge >= 0.3 is 0 Å². The Morgan fingerprint density at radius 3 is 2.74 bits per heavy atom. The van der Waals surface area contributed by atoms with Gasteiger partial charge in [0.15, 0.2) is 0 Å². The number of pyridine rings is 1. The quantitative estimate of drug-likeness (QED) is 0.476. The molecule has 0 bridgehead atoms. The zero-order valence-electron chi connectivity index (χ0n) is 23.6. The van der Waals surface area contributed by atoms with Crippen molar-refractivity contribution in [2.24, 2.45) is 0 Å². The van der Waals surface area contributed by atoms with Crippen LogP contribution in [0.15, 0.2) is 42.1 Å². The van der Waals surface area contributed by atoms with E-state index in [-0.39, 0.29) is 24.3 Å². The summed E-state index contributed by atoms with van der Waals surface area (Å²) in [6.45, 7) is 3.63. The van der Waals surface area contributed by atoms with Crippen LogP contribution in [-0.4, -0.2) is 90.1 Å². The topological polar surface area (TPSA) is 120 Å². The molecular weight excluding hydrogens is 598 g/mol. The molecule has 5 rings (SSSR count). The van der Waals surface area contributed by atoms with Crippen LogP contribution in [0.2, 0.25) is 4.34 Å². The summed E-state index contributed by atoms with van der Waals surface area (Å²) >= 11 is 7.17. The molecule has 1 N–H and O–H groups in total. The van der Waals surface area contributed by atoms with Crippen LogP contribution in [0.1, 0.15) is 61.8 Å². The molecule has 2 aromatic rings. The minimum atomic E-state index is -3.91. The van der Waals surface area contributed by atoms with Crippen LogP contribution in [-0.2, 0) is 24.4 Å². The summed E-state index contributed by atoms with van der Waals surface area (Å²) in [4.78, 5) is 50.7. The summed E-state index contributed by atoms with van der Waals surface area (Å²) in [5, 5.41) is 1.03. The maximum absolute atomic E-state index is 13.8. The van der Waals surface area contributed by atoms with Gasteiger partial charge < -0.3 is 14.7 Å². The molecule has 2 aromatic heterocycles. The molecule has 3 aliphatic rings. The van der Waals surface area contributed by atoms with Crippen molar-refractivity contribution in [3.63, 3.8) is 0 Å². The van der Waals surface area contributed by atoms with E-state index in [2.05, 4.69) is 9.71 Å². The molecule has 3 amide bonds. The third kappa shape index (κ3) is 6.88. The number of halogens is 1. The molecule has 3 fully saturated rings. The normalized spacial score (nSPS) is 25.4. The number of likely N-dealkylation sites (tertiary alicyclic amines) is 3. The summed E-state index contributed by atoms with van der Waals surface area (Å²) in [5.74, 6) is -0.572. The summed E-state index contributed by atoms with van der Waals surface area (Å²) in [6, 6.07) is 6.35. The van der Waals surface area contributed by atoms with Crippen LogP contribution >= 0.6 is 22.9 Å². The van der Waals surface area contributed by atoms with Crippen molar-refractivity contribution >= 4 is 56.8 Å². The zero-order valence-corrected chi connectivity index (χ0v) is 26.0. The molecule has 5 heterocycles. The van der Waals surface area contributed by atoms with Gasteiger partial charge in [0.05, 0.1) is 10.9 Å². The van der Waals surface area contributed by atoms with E-state index in [0.717, 1.165) is 17.4 Å². The van der Waals surface area contributed by atoms with E-state index in [1.165, 1.54) is 22.3 Å². The maximum Gasteiger partial charge on any atom is 0.248 e. The molecule has 3 saturated heterocycles. The van der Waals surface area contributed by atoms with Crippen molar-refractivity contribution in [1.29, 1.82) is 0 Å². The van der Waals surface area contributed by atoms with Gasteiger partial charge in [-0.3, -0.25) is 19.4 Å². The number of sulfonamides is 1. The van der Waals surface area contributed by atoms with Crippen LogP contribution in [0, 0.1) is 0 Å². The van der Waals surface area contributed by atoms with E-state index < -0.39 is 27.5 Å². The summed E-state index contributed by atoms with van der Waals surface area (Å²) < 4.78 is 28.6. The van der Waals surface area contributed by atoms with E-state index in [9.17, 15) is 22.8 Å². The number of rotatable bonds is 8. The maximum atomic E-state index is 13.8. The van der Waals surface area contributed by atoms with Crippen molar-refractivity contribution in [3.05, 3.63) is 56.8 Å². The molecule has 0 radical (unpaired) electrons. The molecular formula is C29H36ClN5O5S2. The fourth-order valence-corrected chi connectivity index (χ4v) is 8.26. The van der Waals surface area contributed by atoms with Crippen LogP contribution < -0.4 is 4.72 Å². The first-order valence-corrected chi connectivity index (χ1v) is 17.0. The molecule has 13 heteroatoms. The first-order valence-electron chi connectivity index (χ1n) is 14.3. The molecule has 0 saturated carbocycles. The first-order chi connectivity index (χ1) is 20.1. The highest BCUT2D eigenvalue weighted by Gasteiger charge is 2.49. The largest absolute Gasteiger partial charge is 0.340 e. The number of nitrogens with one attached hydrogen (secondary N) is 1. The minimum absolute atomic E-state index is 0.0635. The average Bonchev–Trinajstić information content (AvgIpc) is 3.70. The van der Waals surface area contributed by atoms with Gasteiger partial charge in [-0.25, -0.2) is 8.42 Å². The van der Waals surface area contributed by atoms with E-state index in [1.807, 2.05) is 30.2 Å². The van der Waals surface area contributed by atoms with Crippen LogP contribution in [0.3, 0.4) is 0 Å². The highest BCUT2D eigenvalue weighted by molar-refractivity contribution is 7.92. The monoisotopic (exact) mass is 633 g/mol. The van der Waals surface area contributed by atoms with Crippen molar-refractivity contribution in [2.75, 3.05) is 32.7 Å². The van der Waals surface area contributed by atoms with Gasteiger partial charge in [-0.1, -0.05) is 17.7 Å². The first kappa shape index (κ1) is 30.7. The molecule has 1 unspecified atom stereocenters. The fraction of sp³-hybridized carbons (Fsp3) is 0.517. The Hall–Kier alpha value is -2.80. The SMILES string of the molecule is C[C@@]1(C(=O)N2CCC(c3cccnc3)C2)CCCN1C(=O)CN1CCCC[C@@H](NS(=O)(=O)/C=C/c2ccc(Cl)s2)C1=O. The average molecular weight is 634 g/mol. The predicted octanol–water partition coefficient (Wildman–Crippen LogP) is 3.46. The lowest BCUT2D eigenvalue weighted by atomic mass is 9.96. The van der Waals surface area contributed by atoms with Gasteiger partial charge in [-0.15, -0.1) is 11.3 Å². The second-order valence-corrected chi connectivity index (χ2v) is 14.7. The van der Waals surface area contributed by atoms with Gasteiger partial charge in [0.1, 0.15) is 11.6 Å². The Morgan fingerprint density at radius 1 is 1.17 bits per heavy atom. The van der Waals surface area contributed by atoms with E-state index in [1.54, 1.807) is 23.2 Å². The molecule has 3 atom stereocenters. The van der Waals surface area contributed by atoms with Gasteiger partial charge in [-0.05, 0) is 75.3 Å². The highest BCUT2D eigenvalue weighted by atomic mass is 35.5. The summed E-state index contributed by atoms with van der Waals surface area (Å²) in [6.07, 6.45) is 8.75. The molecule has 42 heavy (non-hydrogen) atoms. The van der Waals surface area contributed by atoms with Crippen LogP contribution in [0.25, 0.3) is 6.08 Å². The Morgan fingerprint density at radius 2 is 2.00 bits per heavy atom. The van der Waals surface area contributed by atoms with Gasteiger partial charge in [0.2, 0.25) is 27.7 Å². The Labute approximate surface area is 255 Å². The van der Waals surface area contributed by atoms with E-state index >= 15 is 0 Å². The summed E-state index contributed by atoms with van der Waals surface area (Å²) in [7, 11) is -3.91. The number of amides is 3. The second-order valence-electron chi connectivity index (χ2n) is 11.4. The molecule has 3 aliphatic heterocycles. The third-order valence-electron chi connectivity index (χ3n) is 8.45. The Kier molecular flexibility index (Phi) is 9.36. The Balaban J connectivity index is 1.22. The van der Waals surface area contributed by atoms with Crippen LogP contribution in [0.4, 0.5) is 0 Å². The highest BCUT2D eigenvalue weighted by Crippen LogP contribution is 2.35. The van der Waals surface area contributed by atoms with Crippen molar-refractivity contribution in [1.82, 2.24) is 24.4 Å². The zero-order chi connectivity index (χ0) is 29.9. The van der Waals surface area contributed by atoms with Crippen molar-refractivity contribution in [3.8, 4) is 0 Å². The third-order valence-corrected chi connectivity index (χ3v) is 10.8. The van der Waals surface area contributed by atoms with Crippen LogP contribution in [0.5, 0.6) is 0 Å². The van der Waals surface area contributed by atoms with E-state index in [4.69, 9.17) is 11.6 Å². The number of nitrogens with zero attached hydrogens (tertiary/aromatic N) is 4. The lowest BCUT2D eigenvalue weighted by molar-refractivity contribution is -0.151. The van der Waals surface area contributed by atoms with Gasteiger partial charge in [0, 0.05) is 54.8 Å². The molecule has 0 spiro atoms. The molecule has 0 aliphatic carbocycles. The molecule has 10 nitrogen and oxygen atoms in total. The minimum Gasteiger partial charge on any atom is -0.340 e. The van der Waals surface area contributed by atoms with Gasteiger partial charge in [0.25, 0.3) is 0 Å². The van der Waals surface area contributed by atoms with Crippen molar-refractivity contribution < 1.29 is 22.8 Å². The second kappa shape index (κ2) is 12.8. The number of carbonyl (C=O) groups is 3. The molecule has 0 aromatic carbocycles. The molecule has 226 valence electrons. The Bertz CT molecular complexity index is 1450. The fourth-order valence-electron chi connectivity index (χ4n) is 6.19. The number of thiophene rings is 1. The van der Waals surface area contributed by atoms with Crippen molar-refractivity contribution in [2.45, 2.75) is 62.9 Å². The number of carbonyl (C=O) groups excluding carboxylic acids is 3. The number of aromatic nitrogens is 1. The number of hydrogen-bond acceptors (Lipinski definition) is 7. The standard InChI is InChI=1S/C29H36ClN5O5S2/c1-29(28(38)34-16-10-22(19-34)21-6-4-13-31-18-21)12-5-15-35(29)26(36)20-33-14-3-2-7-24(27(33)37)32-42(39,40)17-11-23-8-9-25(30)41-23/h4,6,8-9,11,13,17-18,22,24,32H,2-3,5,7,10,12,14-16,19-20H2,1H3/b17-11+/t22?,24-,29+/m1/s1.